The van der Waals surface area contributed by atoms with Crippen LogP contribution in [0.1, 0.15) is 44.6 Å². The fourth-order valence-corrected chi connectivity index (χ4v) is 4.72. The normalized spacial score (nSPS) is 29.1. The van der Waals surface area contributed by atoms with Crippen molar-refractivity contribution in [1.29, 1.82) is 0 Å². The summed E-state index contributed by atoms with van der Waals surface area (Å²) in [5, 5.41) is 0. The number of nitrogens with zero attached hydrogens (tertiary/aromatic N) is 1. The van der Waals surface area contributed by atoms with Gasteiger partial charge in [-0.15, -0.1) is 0 Å². The van der Waals surface area contributed by atoms with Gasteiger partial charge >= 0.3 is 0 Å². The van der Waals surface area contributed by atoms with Gasteiger partial charge in [0.2, 0.25) is 0 Å². The van der Waals surface area contributed by atoms with Crippen LogP contribution in [0.25, 0.3) is 0 Å². The van der Waals surface area contributed by atoms with Crippen molar-refractivity contribution in [3.8, 4) is 0 Å². The Labute approximate surface area is 137 Å². The van der Waals surface area contributed by atoms with Crippen molar-refractivity contribution in [1.82, 2.24) is 4.90 Å². The first-order valence-corrected chi connectivity index (χ1v) is 9.13. The zero-order valence-electron chi connectivity index (χ0n) is 13.0. The summed E-state index contributed by atoms with van der Waals surface area (Å²) in [6, 6.07) is 9.52. The highest BCUT2D eigenvalue weighted by Crippen LogP contribution is 2.40. The number of likely N-dealkylation sites (tertiary alicyclic amines) is 1. The zero-order chi connectivity index (χ0) is 14.9. The van der Waals surface area contributed by atoms with E-state index < -0.39 is 0 Å². The first-order chi connectivity index (χ1) is 10.1. The van der Waals surface area contributed by atoms with Crippen molar-refractivity contribution in [3.05, 3.63) is 34.3 Å². The first kappa shape index (κ1) is 15.5. The van der Waals surface area contributed by atoms with Crippen LogP contribution in [0.3, 0.4) is 0 Å². The van der Waals surface area contributed by atoms with Crippen LogP contribution in [0.2, 0.25) is 0 Å². The number of hydrogen-bond acceptors (Lipinski definition) is 2. The van der Waals surface area contributed by atoms with E-state index in [1.54, 1.807) is 0 Å². The van der Waals surface area contributed by atoms with Crippen molar-refractivity contribution < 1.29 is 0 Å². The molecule has 1 heterocycles. The van der Waals surface area contributed by atoms with Crippen molar-refractivity contribution >= 4 is 15.9 Å². The SMILES string of the molecule is CC(CN)(Cc1ccc(Br)cc1)N1CCCC2CCCC21. The van der Waals surface area contributed by atoms with Crippen LogP contribution in [0.15, 0.2) is 28.7 Å². The average Bonchev–Trinajstić information content (AvgIpc) is 2.98. The number of fused-ring (bicyclic) bond motifs is 1. The molecule has 3 atom stereocenters. The highest BCUT2D eigenvalue weighted by atomic mass is 79.9. The smallest absolute Gasteiger partial charge is 0.0346 e. The summed E-state index contributed by atoms with van der Waals surface area (Å²) < 4.78 is 1.15. The second-order valence-corrected chi connectivity index (χ2v) is 8.01. The van der Waals surface area contributed by atoms with E-state index in [4.69, 9.17) is 5.73 Å². The molecule has 116 valence electrons. The quantitative estimate of drug-likeness (QED) is 0.889. The van der Waals surface area contributed by atoms with Crippen LogP contribution in [-0.2, 0) is 6.42 Å². The van der Waals surface area contributed by atoms with E-state index in [0.29, 0.717) is 0 Å². The molecule has 1 aromatic carbocycles. The molecule has 0 spiro atoms. The molecular weight excluding hydrogens is 324 g/mol. The Hall–Kier alpha value is -0.380. The monoisotopic (exact) mass is 350 g/mol. The number of benzene rings is 1. The molecule has 3 heteroatoms. The molecule has 1 saturated carbocycles. The summed E-state index contributed by atoms with van der Waals surface area (Å²) in [4.78, 5) is 2.76. The minimum absolute atomic E-state index is 0.0987. The van der Waals surface area contributed by atoms with Crippen molar-refractivity contribution in [2.45, 2.75) is 57.0 Å². The molecule has 1 aliphatic carbocycles. The molecule has 3 unspecified atom stereocenters. The zero-order valence-corrected chi connectivity index (χ0v) is 14.6. The lowest BCUT2D eigenvalue weighted by Gasteiger charge is -2.49. The van der Waals surface area contributed by atoms with Gasteiger partial charge in [0.15, 0.2) is 0 Å². The van der Waals surface area contributed by atoms with Crippen molar-refractivity contribution in [2.24, 2.45) is 11.7 Å². The van der Waals surface area contributed by atoms with Gasteiger partial charge in [0.05, 0.1) is 0 Å². The second-order valence-electron chi connectivity index (χ2n) is 7.10. The van der Waals surface area contributed by atoms with E-state index in [2.05, 4.69) is 52.0 Å². The Morgan fingerprint density at radius 3 is 2.62 bits per heavy atom. The fourth-order valence-electron chi connectivity index (χ4n) is 4.46. The molecule has 1 saturated heterocycles. The Bertz CT molecular complexity index is 473. The standard InChI is InChI=1S/C18H27BrN2/c1-18(13-20,12-14-7-9-16(19)10-8-14)21-11-3-5-15-4-2-6-17(15)21/h7-10,15,17H,2-6,11-13,20H2,1H3. The molecular formula is C18H27BrN2. The lowest BCUT2D eigenvalue weighted by Crippen LogP contribution is -2.59. The Kier molecular flexibility index (Phi) is 4.72. The summed E-state index contributed by atoms with van der Waals surface area (Å²) in [5.74, 6) is 0.926. The summed E-state index contributed by atoms with van der Waals surface area (Å²) in [6.45, 7) is 4.34. The highest BCUT2D eigenvalue weighted by Gasteiger charge is 2.42. The van der Waals surface area contributed by atoms with E-state index in [0.717, 1.165) is 29.4 Å². The topological polar surface area (TPSA) is 29.3 Å². The number of piperidine rings is 1. The maximum Gasteiger partial charge on any atom is 0.0346 e. The molecule has 2 N–H and O–H groups in total. The molecule has 1 aliphatic heterocycles. The molecule has 0 bridgehead atoms. The van der Waals surface area contributed by atoms with Gasteiger partial charge in [0.1, 0.15) is 0 Å². The summed E-state index contributed by atoms with van der Waals surface area (Å²) in [7, 11) is 0. The Morgan fingerprint density at radius 2 is 1.90 bits per heavy atom. The third-order valence-electron chi connectivity index (χ3n) is 5.62. The lowest BCUT2D eigenvalue weighted by molar-refractivity contribution is 0.0138. The lowest BCUT2D eigenvalue weighted by atomic mass is 9.83. The largest absolute Gasteiger partial charge is 0.329 e. The van der Waals surface area contributed by atoms with Gasteiger partial charge in [-0.05, 0) is 69.2 Å². The van der Waals surface area contributed by atoms with Crippen LogP contribution < -0.4 is 5.73 Å². The number of hydrogen-bond donors (Lipinski definition) is 1. The van der Waals surface area contributed by atoms with Gasteiger partial charge in [0, 0.05) is 22.6 Å². The maximum atomic E-state index is 6.25. The van der Waals surface area contributed by atoms with Crippen LogP contribution in [-0.4, -0.2) is 29.6 Å². The maximum absolute atomic E-state index is 6.25. The van der Waals surface area contributed by atoms with Crippen LogP contribution in [0.4, 0.5) is 0 Å². The number of rotatable bonds is 4. The average molecular weight is 351 g/mol. The van der Waals surface area contributed by atoms with Crippen LogP contribution in [0.5, 0.6) is 0 Å². The predicted molar refractivity (Wildman–Crippen MR) is 92.4 cm³/mol. The van der Waals surface area contributed by atoms with E-state index in [-0.39, 0.29) is 5.54 Å². The molecule has 2 fully saturated rings. The minimum Gasteiger partial charge on any atom is -0.329 e. The molecule has 1 aromatic rings. The Balaban J connectivity index is 1.79. The van der Waals surface area contributed by atoms with Gasteiger partial charge in [-0.3, -0.25) is 4.90 Å². The van der Waals surface area contributed by atoms with E-state index >= 15 is 0 Å². The van der Waals surface area contributed by atoms with Gasteiger partial charge < -0.3 is 5.73 Å². The minimum atomic E-state index is 0.0987. The second kappa shape index (κ2) is 6.39. The third kappa shape index (κ3) is 3.20. The van der Waals surface area contributed by atoms with E-state index in [1.165, 1.54) is 44.2 Å². The summed E-state index contributed by atoms with van der Waals surface area (Å²) >= 11 is 3.52. The van der Waals surface area contributed by atoms with Crippen LogP contribution >= 0.6 is 15.9 Å². The Morgan fingerprint density at radius 1 is 1.19 bits per heavy atom. The van der Waals surface area contributed by atoms with Crippen molar-refractivity contribution in [3.63, 3.8) is 0 Å². The summed E-state index contributed by atoms with van der Waals surface area (Å²) in [5.41, 5.74) is 7.74. The summed E-state index contributed by atoms with van der Waals surface area (Å²) in [6.07, 6.45) is 8.04. The van der Waals surface area contributed by atoms with Gasteiger partial charge in [-0.2, -0.15) is 0 Å². The van der Waals surface area contributed by atoms with Gasteiger partial charge in [0.25, 0.3) is 0 Å². The first-order valence-electron chi connectivity index (χ1n) is 8.34. The van der Waals surface area contributed by atoms with Gasteiger partial charge in [-0.25, -0.2) is 0 Å². The van der Waals surface area contributed by atoms with Crippen molar-refractivity contribution in [2.75, 3.05) is 13.1 Å². The highest BCUT2D eigenvalue weighted by molar-refractivity contribution is 9.10. The van der Waals surface area contributed by atoms with E-state index in [9.17, 15) is 0 Å². The molecule has 21 heavy (non-hydrogen) atoms. The molecule has 0 radical (unpaired) electrons. The van der Waals surface area contributed by atoms with Gasteiger partial charge in [-0.1, -0.05) is 34.5 Å². The molecule has 0 aromatic heterocycles. The van der Waals surface area contributed by atoms with E-state index in [1.807, 2.05) is 0 Å². The number of nitrogens with two attached hydrogens (primary N) is 1. The fraction of sp³-hybridized carbons (Fsp3) is 0.667. The molecule has 0 amide bonds. The van der Waals surface area contributed by atoms with Crippen LogP contribution in [0, 0.1) is 5.92 Å². The molecule has 2 nitrogen and oxygen atoms in total. The molecule has 2 aliphatic rings. The molecule has 3 rings (SSSR count). The third-order valence-corrected chi connectivity index (χ3v) is 6.15. The number of halogens is 1. The predicted octanol–water partition coefficient (Wildman–Crippen LogP) is 3.97.